The number of nitrogens with zero attached hydrogens (tertiary/aromatic N) is 1. The van der Waals surface area contributed by atoms with Crippen LogP contribution in [0.25, 0.3) is 0 Å². The fourth-order valence-electron chi connectivity index (χ4n) is 1.22. The van der Waals surface area contributed by atoms with Crippen LogP contribution in [0, 0.1) is 11.3 Å². The zero-order valence-corrected chi connectivity index (χ0v) is 9.16. The minimum absolute atomic E-state index is 0.0460. The van der Waals surface area contributed by atoms with E-state index in [0.29, 0.717) is 12.0 Å². The van der Waals surface area contributed by atoms with Gasteiger partial charge in [0.1, 0.15) is 6.07 Å². The second-order valence-electron chi connectivity index (χ2n) is 2.94. The third-order valence-electron chi connectivity index (χ3n) is 1.99. The van der Waals surface area contributed by atoms with Gasteiger partial charge in [0.25, 0.3) is 0 Å². The smallest absolute Gasteiger partial charge is 0.100 e. The Morgan fingerprint density at radius 1 is 1.57 bits per heavy atom. The number of aliphatic hydroxyl groups is 1. The highest BCUT2D eigenvalue weighted by Gasteiger charge is 2.11. The van der Waals surface area contributed by atoms with Crippen LogP contribution < -0.4 is 5.73 Å². The molecular weight excluding hydrogens is 244 g/mol. The second-order valence-corrected chi connectivity index (χ2v) is 3.73. The molecule has 74 valence electrons. The van der Waals surface area contributed by atoms with Crippen molar-refractivity contribution in [2.24, 2.45) is 5.73 Å². The molecule has 0 amide bonds. The lowest BCUT2D eigenvalue weighted by atomic mass is 10.0. The number of hydrogen-bond donors (Lipinski definition) is 2. The summed E-state index contributed by atoms with van der Waals surface area (Å²) in [5.74, 6) is 0. The second kappa shape index (κ2) is 5.11. The average Bonchev–Trinajstić information content (AvgIpc) is 2.18. The van der Waals surface area contributed by atoms with Crippen molar-refractivity contribution in [1.82, 2.24) is 0 Å². The zero-order valence-electron chi connectivity index (χ0n) is 7.57. The minimum atomic E-state index is -0.234. The maximum Gasteiger partial charge on any atom is 0.100 e. The summed E-state index contributed by atoms with van der Waals surface area (Å²) in [5.41, 5.74) is 7.26. The maximum atomic E-state index is 8.78. The molecule has 0 radical (unpaired) electrons. The molecule has 1 atom stereocenters. The van der Waals surface area contributed by atoms with Crippen LogP contribution in [0.3, 0.4) is 0 Å². The van der Waals surface area contributed by atoms with E-state index in [4.69, 9.17) is 16.1 Å². The first-order valence-electron chi connectivity index (χ1n) is 4.25. The predicted molar refractivity (Wildman–Crippen MR) is 57.5 cm³/mol. The summed E-state index contributed by atoms with van der Waals surface area (Å²) in [4.78, 5) is 0. The van der Waals surface area contributed by atoms with Crippen LogP contribution in [0.2, 0.25) is 0 Å². The van der Waals surface area contributed by atoms with E-state index < -0.39 is 0 Å². The van der Waals surface area contributed by atoms with Crippen molar-refractivity contribution in [1.29, 1.82) is 5.26 Å². The Kier molecular flexibility index (Phi) is 4.08. The van der Waals surface area contributed by atoms with Gasteiger partial charge in [0.05, 0.1) is 5.56 Å². The molecule has 3 N–H and O–H groups in total. The van der Waals surface area contributed by atoms with Crippen molar-refractivity contribution >= 4 is 15.9 Å². The average molecular weight is 255 g/mol. The van der Waals surface area contributed by atoms with Gasteiger partial charge in [-0.2, -0.15) is 5.26 Å². The van der Waals surface area contributed by atoms with Gasteiger partial charge in [-0.05, 0) is 34.0 Å². The number of rotatable bonds is 3. The molecule has 0 saturated heterocycles. The number of aliphatic hydroxyl groups excluding tert-OH is 1. The van der Waals surface area contributed by atoms with Gasteiger partial charge < -0.3 is 10.8 Å². The molecule has 0 heterocycles. The van der Waals surface area contributed by atoms with Crippen molar-refractivity contribution in [2.75, 3.05) is 6.61 Å². The van der Waals surface area contributed by atoms with E-state index in [1.165, 1.54) is 0 Å². The van der Waals surface area contributed by atoms with Crippen molar-refractivity contribution < 1.29 is 5.11 Å². The van der Waals surface area contributed by atoms with Gasteiger partial charge in [-0.3, -0.25) is 0 Å². The molecule has 0 aliphatic heterocycles. The summed E-state index contributed by atoms with van der Waals surface area (Å²) >= 11 is 3.33. The molecule has 1 aromatic rings. The highest BCUT2D eigenvalue weighted by Crippen LogP contribution is 2.26. The number of nitriles is 1. The lowest BCUT2D eigenvalue weighted by molar-refractivity contribution is 0.276. The summed E-state index contributed by atoms with van der Waals surface area (Å²) in [5, 5.41) is 17.5. The fraction of sp³-hybridized carbons (Fsp3) is 0.300. The molecule has 0 aliphatic rings. The van der Waals surface area contributed by atoms with Crippen LogP contribution in [0.4, 0.5) is 0 Å². The number of hydrogen-bond acceptors (Lipinski definition) is 3. The Balaban J connectivity index is 3.04. The first-order valence-corrected chi connectivity index (χ1v) is 5.05. The van der Waals surface area contributed by atoms with Gasteiger partial charge in [-0.25, -0.2) is 0 Å². The molecular formula is C10H11BrN2O. The summed E-state index contributed by atoms with van der Waals surface area (Å²) in [7, 11) is 0. The van der Waals surface area contributed by atoms with E-state index in [0.717, 1.165) is 10.0 Å². The Bertz CT molecular complexity index is 360. The molecule has 1 aromatic carbocycles. The Hall–Kier alpha value is -0.890. The molecule has 0 fully saturated rings. The molecule has 0 saturated carbocycles. The molecule has 3 nitrogen and oxygen atoms in total. The standard InChI is InChI=1S/C10H11BrN2O/c11-10-7(6-12)2-1-3-8(10)9(13)4-5-14/h1-3,9,14H,4-5,13H2/t9-/m0/s1. The van der Waals surface area contributed by atoms with Crippen LogP contribution in [-0.4, -0.2) is 11.7 Å². The van der Waals surface area contributed by atoms with Crippen molar-refractivity contribution in [2.45, 2.75) is 12.5 Å². The predicted octanol–water partition coefficient (Wildman–Crippen LogP) is 1.70. The highest BCUT2D eigenvalue weighted by molar-refractivity contribution is 9.10. The minimum Gasteiger partial charge on any atom is -0.396 e. The number of halogens is 1. The largest absolute Gasteiger partial charge is 0.396 e. The van der Waals surface area contributed by atoms with Gasteiger partial charge in [-0.15, -0.1) is 0 Å². The highest BCUT2D eigenvalue weighted by atomic mass is 79.9. The SMILES string of the molecule is N#Cc1cccc([C@@H](N)CCO)c1Br. The molecule has 0 aliphatic carbocycles. The number of benzene rings is 1. The Morgan fingerprint density at radius 3 is 2.86 bits per heavy atom. The monoisotopic (exact) mass is 254 g/mol. The van der Waals surface area contributed by atoms with Crippen molar-refractivity contribution in [3.8, 4) is 6.07 Å². The van der Waals surface area contributed by atoms with E-state index in [1.807, 2.05) is 6.07 Å². The van der Waals surface area contributed by atoms with Gasteiger partial charge in [-0.1, -0.05) is 12.1 Å². The first-order chi connectivity index (χ1) is 6.70. The lowest BCUT2D eigenvalue weighted by Crippen LogP contribution is -2.12. The van der Waals surface area contributed by atoms with E-state index in [-0.39, 0.29) is 12.6 Å². The number of nitrogens with two attached hydrogens (primary N) is 1. The van der Waals surface area contributed by atoms with Gasteiger partial charge >= 0.3 is 0 Å². The maximum absolute atomic E-state index is 8.78. The third kappa shape index (κ3) is 2.32. The van der Waals surface area contributed by atoms with Crippen LogP contribution in [-0.2, 0) is 0 Å². The van der Waals surface area contributed by atoms with Crippen LogP contribution >= 0.6 is 15.9 Å². The van der Waals surface area contributed by atoms with Crippen LogP contribution in [0.5, 0.6) is 0 Å². The normalized spacial score (nSPS) is 12.1. The quantitative estimate of drug-likeness (QED) is 0.863. The zero-order chi connectivity index (χ0) is 10.6. The Morgan fingerprint density at radius 2 is 2.29 bits per heavy atom. The summed E-state index contributed by atoms with van der Waals surface area (Å²) in [6.07, 6.45) is 0.494. The van der Waals surface area contributed by atoms with Gasteiger partial charge in [0, 0.05) is 17.1 Å². The summed E-state index contributed by atoms with van der Waals surface area (Å²) < 4.78 is 0.725. The topological polar surface area (TPSA) is 70.0 Å². The Labute approximate surface area is 91.3 Å². The molecule has 1 rings (SSSR count). The third-order valence-corrected chi connectivity index (χ3v) is 2.87. The lowest BCUT2D eigenvalue weighted by Gasteiger charge is -2.12. The van der Waals surface area contributed by atoms with E-state index in [2.05, 4.69) is 22.0 Å². The van der Waals surface area contributed by atoms with Crippen LogP contribution in [0.1, 0.15) is 23.6 Å². The first kappa shape index (κ1) is 11.2. The summed E-state index contributed by atoms with van der Waals surface area (Å²) in [6, 6.07) is 7.20. The molecule has 14 heavy (non-hydrogen) atoms. The van der Waals surface area contributed by atoms with E-state index >= 15 is 0 Å². The van der Waals surface area contributed by atoms with Gasteiger partial charge in [0.2, 0.25) is 0 Å². The molecule has 0 spiro atoms. The van der Waals surface area contributed by atoms with Gasteiger partial charge in [0.15, 0.2) is 0 Å². The van der Waals surface area contributed by atoms with Crippen molar-refractivity contribution in [3.05, 3.63) is 33.8 Å². The van der Waals surface area contributed by atoms with E-state index in [9.17, 15) is 0 Å². The fourth-order valence-corrected chi connectivity index (χ4v) is 1.86. The molecule has 0 aromatic heterocycles. The molecule has 0 bridgehead atoms. The van der Waals surface area contributed by atoms with E-state index in [1.54, 1.807) is 12.1 Å². The van der Waals surface area contributed by atoms with Crippen LogP contribution in [0.15, 0.2) is 22.7 Å². The van der Waals surface area contributed by atoms with Crippen molar-refractivity contribution in [3.63, 3.8) is 0 Å². The molecule has 4 heteroatoms. The molecule has 0 unspecified atom stereocenters. The summed E-state index contributed by atoms with van der Waals surface area (Å²) in [6.45, 7) is 0.0460.